The summed E-state index contributed by atoms with van der Waals surface area (Å²) in [5.74, 6) is -0.118. The fourth-order valence-electron chi connectivity index (χ4n) is 3.42. The van der Waals surface area contributed by atoms with Gasteiger partial charge in [0, 0.05) is 17.6 Å². The van der Waals surface area contributed by atoms with Gasteiger partial charge in [0.25, 0.3) is 5.91 Å². The third-order valence-corrected chi connectivity index (χ3v) is 4.52. The number of ether oxygens (including phenoxy) is 2. The van der Waals surface area contributed by atoms with Crippen LogP contribution in [0.5, 0.6) is 11.8 Å². The number of nitrogens with two attached hydrogens (primary N) is 1. The van der Waals surface area contributed by atoms with E-state index in [4.69, 9.17) is 15.2 Å². The summed E-state index contributed by atoms with van der Waals surface area (Å²) in [4.78, 5) is 28.6. The van der Waals surface area contributed by atoms with E-state index in [9.17, 15) is 14.7 Å². The molecule has 1 saturated carbocycles. The van der Waals surface area contributed by atoms with Gasteiger partial charge in [0.1, 0.15) is 11.7 Å². The largest absolute Gasteiger partial charge is 0.480 e. The first kappa shape index (κ1) is 19.8. The van der Waals surface area contributed by atoms with E-state index in [1.165, 1.54) is 18.1 Å². The third kappa shape index (κ3) is 4.56. The second-order valence-corrected chi connectivity index (χ2v) is 7.44. The summed E-state index contributed by atoms with van der Waals surface area (Å²) in [5.41, 5.74) is 5.03. The first-order valence-corrected chi connectivity index (χ1v) is 8.67. The molecule has 1 aliphatic carbocycles. The maximum Gasteiger partial charge on any atom is 0.407 e. The van der Waals surface area contributed by atoms with Crippen LogP contribution >= 0.6 is 0 Å². The van der Waals surface area contributed by atoms with Crippen molar-refractivity contribution in [1.29, 1.82) is 0 Å². The van der Waals surface area contributed by atoms with Gasteiger partial charge in [-0.3, -0.25) is 4.79 Å². The summed E-state index contributed by atoms with van der Waals surface area (Å²) >= 11 is 0. The van der Waals surface area contributed by atoms with E-state index in [2.05, 4.69) is 4.98 Å². The van der Waals surface area contributed by atoms with Crippen molar-refractivity contribution in [3.63, 3.8) is 0 Å². The van der Waals surface area contributed by atoms with Crippen molar-refractivity contribution < 1.29 is 24.2 Å². The predicted octanol–water partition coefficient (Wildman–Crippen LogP) is 2.66. The first-order chi connectivity index (χ1) is 12.1. The molecule has 0 atom stereocenters. The normalized spacial score (nSPS) is 20.3. The van der Waals surface area contributed by atoms with Crippen molar-refractivity contribution in [1.82, 2.24) is 9.88 Å². The van der Waals surface area contributed by atoms with Gasteiger partial charge in [0.15, 0.2) is 0 Å². The standard InChI is InChI=1S/C18H27N3O5/c1-18(2,3)21(17(23)24)11-5-7-12(8-6-11)26-14-10-9-13(15(19)22)16(20-14)25-4/h9-12H,5-8H2,1-4H3,(H2,19,22)(H,23,24). The number of carboxylic acid groups (broad SMARTS) is 1. The SMILES string of the molecule is COc1nc(OC2CCC(N(C(=O)O)C(C)(C)C)CC2)ccc1C(N)=O. The highest BCUT2D eigenvalue weighted by Gasteiger charge is 2.36. The average molecular weight is 365 g/mol. The molecule has 2 amide bonds. The smallest absolute Gasteiger partial charge is 0.407 e. The van der Waals surface area contributed by atoms with Gasteiger partial charge < -0.3 is 25.2 Å². The lowest BCUT2D eigenvalue weighted by Crippen LogP contribution is -2.52. The van der Waals surface area contributed by atoms with Crippen molar-refractivity contribution in [3.05, 3.63) is 17.7 Å². The monoisotopic (exact) mass is 365 g/mol. The van der Waals surface area contributed by atoms with Crippen LogP contribution in [0.1, 0.15) is 56.8 Å². The summed E-state index contributed by atoms with van der Waals surface area (Å²) < 4.78 is 11.0. The Morgan fingerprint density at radius 3 is 2.31 bits per heavy atom. The van der Waals surface area contributed by atoms with Gasteiger partial charge in [0.05, 0.1) is 7.11 Å². The second-order valence-electron chi connectivity index (χ2n) is 7.44. The van der Waals surface area contributed by atoms with Crippen LogP contribution in [0, 0.1) is 0 Å². The quantitative estimate of drug-likeness (QED) is 0.829. The van der Waals surface area contributed by atoms with Crippen molar-refractivity contribution in [3.8, 4) is 11.8 Å². The number of aromatic nitrogens is 1. The summed E-state index contributed by atoms with van der Waals surface area (Å²) in [5, 5.41) is 9.52. The average Bonchev–Trinajstić information content (AvgIpc) is 2.54. The number of primary amides is 1. The van der Waals surface area contributed by atoms with Gasteiger partial charge in [-0.25, -0.2) is 4.79 Å². The van der Waals surface area contributed by atoms with E-state index >= 15 is 0 Å². The van der Waals surface area contributed by atoms with E-state index in [0.717, 1.165) is 25.7 Å². The lowest BCUT2D eigenvalue weighted by atomic mass is 9.89. The number of nitrogens with zero attached hydrogens (tertiary/aromatic N) is 2. The molecule has 1 aliphatic rings. The fourth-order valence-corrected chi connectivity index (χ4v) is 3.42. The molecule has 1 heterocycles. The fraction of sp³-hybridized carbons (Fsp3) is 0.611. The molecular formula is C18H27N3O5. The van der Waals surface area contributed by atoms with Crippen molar-refractivity contribution in [2.75, 3.05) is 7.11 Å². The molecule has 26 heavy (non-hydrogen) atoms. The topological polar surface area (TPSA) is 115 Å². The number of methoxy groups -OCH3 is 1. The Bertz CT molecular complexity index is 663. The number of amides is 2. The minimum absolute atomic E-state index is 0.0212. The van der Waals surface area contributed by atoms with Gasteiger partial charge in [-0.05, 0) is 52.5 Å². The summed E-state index contributed by atoms with van der Waals surface area (Å²) in [6.45, 7) is 5.71. The minimum atomic E-state index is -0.893. The van der Waals surface area contributed by atoms with Crippen LogP contribution in [0.4, 0.5) is 4.79 Å². The van der Waals surface area contributed by atoms with Crippen LogP contribution in [0.25, 0.3) is 0 Å². The molecule has 0 bridgehead atoms. The van der Waals surface area contributed by atoms with Crippen molar-refractivity contribution >= 4 is 12.0 Å². The number of hydrogen-bond acceptors (Lipinski definition) is 5. The van der Waals surface area contributed by atoms with Crippen LogP contribution in [0.3, 0.4) is 0 Å². The molecule has 1 aromatic heterocycles. The highest BCUT2D eigenvalue weighted by atomic mass is 16.5. The van der Waals surface area contributed by atoms with Gasteiger partial charge in [0.2, 0.25) is 11.8 Å². The zero-order chi connectivity index (χ0) is 19.5. The Balaban J connectivity index is 2.01. The Kier molecular flexibility index (Phi) is 5.94. The minimum Gasteiger partial charge on any atom is -0.480 e. The zero-order valence-corrected chi connectivity index (χ0v) is 15.7. The molecule has 1 fully saturated rings. The van der Waals surface area contributed by atoms with Gasteiger partial charge >= 0.3 is 6.09 Å². The number of carbonyl (C=O) groups is 2. The van der Waals surface area contributed by atoms with Crippen LogP contribution in [0.2, 0.25) is 0 Å². The summed E-state index contributed by atoms with van der Waals surface area (Å²) in [6, 6.07) is 3.10. The van der Waals surface area contributed by atoms with Crippen molar-refractivity contribution in [2.45, 2.75) is 64.1 Å². The second kappa shape index (κ2) is 7.80. The zero-order valence-electron chi connectivity index (χ0n) is 15.7. The molecule has 0 saturated heterocycles. The van der Waals surface area contributed by atoms with E-state index in [1.807, 2.05) is 20.8 Å². The van der Waals surface area contributed by atoms with E-state index < -0.39 is 17.5 Å². The maximum absolute atomic E-state index is 11.6. The van der Waals surface area contributed by atoms with Crippen LogP contribution in [-0.4, -0.2) is 51.8 Å². The Labute approximate surface area is 153 Å². The molecule has 8 nitrogen and oxygen atoms in total. The molecule has 8 heteroatoms. The van der Waals surface area contributed by atoms with Gasteiger partial charge in [-0.1, -0.05) is 0 Å². The number of pyridine rings is 1. The maximum atomic E-state index is 11.6. The number of carbonyl (C=O) groups excluding carboxylic acids is 1. The Morgan fingerprint density at radius 2 is 1.85 bits per heavy atom. The van der Waals surface area contributed by atoms with Crippen LogP contribution < -0.4 is 15.2 Å². The van der Waals surface area contributed by atoms with Gasteiger partial charge in [-0.15, -0.1) is 0 Å². The molecule has 1 aromatic rings. The molecular weight excluding hydrogens is 338 g/mol. The van der Waals surface area contributed by atoms with Crippen LogP contribution in [-0.2, 0) is 0 Å². The molecule has 2 rings (SSSR count). The molecule has 3 N–H and O–H groups in total. The molecule has 0 spiro atoms. The summed E-state index contributed by atoms with van der Waals surface area (Å²) in [6.07, 6.45) is 1.96. The summed E-state index contributed by atoms with van der Waals surface area (Å²) in [7, 11) is 1.41. The molecule has 144 valence electrons. The lowest BCUT2D eigenvalue weighted by Gasteiger charge is -2.42. The third-order valence-electron chi connectivity index (χ3n) is 4.52. The van der Waals surface area contributed by atoms with Crippen molar-refractivity contribution in [2.24, 2.45) is 5.73 Å². The van der Waals surface area contributed by atoms with E-state index in [1.54, 1.807) is 6.07 Å². The highest BCUT2D eigenvalue weighted by molar-refractivity contribution is 5.95. The molecule has 0 aliphatic heterocycles. The lowest BCUT2D eigenvalue weighted by molar-refractivity contribution is 0.0357. The van der Waals surface area contributed by atoms with E-state index in [0.29, 0.717) is 5.88 Å². The van der Waals surface area contributed by atoms with E-state index in [-0.39, 0.29) is 23.6 Å². The van der Waals surface area contributed by atoms with Crippen LogP contribution in [0.15, 0.2) is 12.1 Å². The molecule has 0 unspecified atom stereocenters. The molecule has 0 radical (unpaired) electrons. The predicted molar refractivity (Wildman–Crippen MR) is 95.6 cm³/mol. The van der Waals surface area contributed by atoms with Gasteiger partial charge in [-0.2, -0.15) is 4.98 Å². The Morgan fingerprint density at radius 1 is 1.23 bits per heavy atom. The number of rotatable bonds is 5. The first-order valence-electron chi connectivity index (χ1n) is 8.67. The molecule has 0 aromatic carbocycles. The Hall–Kier alpha value is -2.51. The highest BCUT2D eigenvalue weighted by Crippen LogP contribution is 2.31. The number of hydrogen-bond donors (Lipinski definition) is 2.